The van der Waals surface area contributed by atoms with E-state index in [1.807, 2.05) is 27.8 Å². The highest BCUT2D eigenvalue weighted by Gasteiger charge is 2.34. The Bertz CT molecular complexity index is 414. The van der Waals surface area contributed by atoms with Crippen molar-refractivity contribution in [1.82, 2.24) is 9.47 Å². The lowest BCUT2D eigenvalue weighted by Gasteiger charge is -2.25. The summed E-state index contributed by atoms with van der Waals surface area (Å²) >= 11 is 0. The van der Waals surface area contributed by atoms with Crippen molar-refractivity contribution in [3.05, 3.63) is 24.0 Å². The van der Waals surface area contributed by atoms with Crippen LogP contribution in [0.4, 0.5) is 0 Å². The second kappa shape index (κ2) is 5.57. The Morgan fingerprint density at radius 2 is 2.33 bits per heavy atom. The number of amides is 1. The van der Waals surface area contributed by atoms with Crippen molar-refractivity contribution in [2.24, 2.45) is 5.92 Å². The van der Waals surface area contributed by atoms with Gasteiger partial charge in [0.15, 0.2) is 0 Å². The van der Waals surface area contributed by atoms with Crippen LogP contribution >= 0.6 is 0 Å². The van der Waals surface area contributed by atoms with Crippen LogP contribution in [0.15, 0.2) is 18.3 Å². The molecular weight excluding hydrogens is 228 g/mol. The minimum atomic E-state index is -0.0255. The van der Waals surface area contributed by atoms with E-state index in [1.54, 1.807) is 0 Å². The molecule has 1 aromatic heterocycles. The van der Waals surface area contributed by atoms with E-state index in [0.717, 1.165) is 31.6 Å². The maximum Gasteiger partial charge on any atom is 0.270 e. The Morgan fingerprint density at radius 3 is 3.00 bits per heavy atom. The van der Waals surface area contributed by atoms with E-state index < -0.39 is 0 Å². The monoisotopic (exact) mass is 250 g/mol. The quantitative estimate of drug-likeness (QED) is 0.884. The molecule has 0 saturated carbocycles. The first-order chi connectivity index (χ1) is 8.69. The van der Waals surface area contributed by atoms with E-state index in [9.17, 15) is 9.90 Å². The van der Waals surface area contributed by atoms with Crippen LogP contribution in [-0.4, -0.2) is 39.7 Å². The number of carbonyl (C=O) groups excluding carboxylic acids is 1. The highest BCUT2D eigenvalue weighted by atomic mass is 16.3. The van der Waals surface area contributed by atoms with Gasteiger partial charge in [0, 0.05) is 19.3 Å². The topological polar surface area (TPSA) is 45.5 Å². The number of likely N-dealkylation sites (tertiary alicyclic amines) is 1. The van der Waals surface area contributed by atoms with Crippen LogP contribution in [-0.2, 0) is 6.54 Å². The molecule has 1 N–H and O–H groups in total. The van der Waals surface area contributed by atoms with Crippen LogP contribution in [0.3, 0.4) is 0 Å². The van der Waals surface area contributed by atoms with Crippen LogP contribution < -0.4 is 0 Å². The van der Waals surface area contributed by atoms with Gasteiger partial charge in [-0.3, -0.25) is 4.79 Å². The molecular formula is C14H22N2O2. The Labute approximate surface area is 108 Å². The fraction of sp³-hybridized carbons (Fsp3) is 0.643. The number of hydrogen-bond donors (Lipinski definition) is 1. The van der Waals surface area contributed by atoms with Crippen LogP contribution in [0.25, 0.3) is 0 Å². The molecule has 1 aromatic rings. The third kappa shape index (κ3) is 2.29. The molecule has 1 aliphatic heterocycles. The Kier molecular flexibility index (Phi) is 4.07. The third-order valence-electron chi connectivity index (χ3n) is 3.84. The summed E-state index contributed by atoms with van der Waals surface area (Å²) in [5, 5.41) is 9.43. The number of aliphatic hydroxyl groups is 1. The minimum absolute atomic E-state index is 0.0255. The molecule has 100 valence electrons. The number of nitrogens with zero attached hydrogens (tertiary/aromatic N) is 2. The summed E-state index contributed by atoms with van der Waals surface area (Å²) in [7, 11) is 0. The molecule has 0 spiro atoms. The molecule has 2 heterocycles. The van der Waals surface area contributed by atoms with E-state index in [-0.39, 0.29) is 18.6 Å². The summed E-state index contributed by atoms with van der Waals surface area (Å²) in [6, 6.07) is 3.76. The normalized spacial score (nSPS) is 23.6. The van der Waals surface area contributed by atoms with Gasteiger partial charge in [-0.05, 0) is 30.9 Å². The van der Waals surface area contributed by atoms with Crippen molar-refractivity contribution >= 4 is 5.91 Å². The molecule has 4 nitrogen and oxygen atoms in total. The largest absolute Gasteiger partial charge is 0.394 e. The second-order valence-corrected chi connectivity index (χ2v) is 5.10. The Morgan fingerprint density at radius 1 is 1.56 bits per heavy atom. The minimum Gasteiger partial charge on any atom is -0.394 e. The summed E-state index contributed by atoms with van der Waals surface area (Å²) in [5.41, 5.74) is 0.740. The van der Waals surface area contributed by atoms with Crippen molar-refractivity contribution in [1.29, 1.82) is 0 Å². The SMILES string of the molecule is CCCn1cccc1C(=O)N1CCC(C)C1CO. The lowest BCUT2D eigenvalue weighted by atomic mass is 10.0. The predicted molar refractivity (Wildman–Crippen MR) is 70.4 cm³/mol. The van der Waals surface area contributed by atoms with Gasteiger partial charge in [0.1, 0.15) is 5.69 Å². The number of aryl methyl sites for hydroxylation is 1. The average Bonchev–Trinajstić information content (AvgIpc) is 2.95. The summed E-state index contributed by atoms with van der Waals surface area (Å²) < 4.78 is 2.00. The van der Waals surface area contributed by atoms with Gasteiger partial charge in [0.25, 0.3) is 5.91 Å². The van der Waals surface area contributed by atoms with Gasteiger partial charge in [-0.1, -0.05) is 13.8 Å². The van der Waals surface area contributed by atoms with Crippen molar-refractivity contribution < 1.29 is 9.90 Å². The van der Waals surface area contributed by atoms with Crippen molar-refractivity contribution in [2.45, 2.75) is 39.3 Å². The lowest BCUT2D eigenvalue weighted by Crippen LogP contribution is -2.40. The zero-order valence-corrected chi connectivity index (χ0v) is 11.2. The average molecular weight is 250 g/mol. The van der Waals surface area contributed by atoms with Gasteiger partial charge in [0.2, 0.25) is 0 Å². The maximum absolute atomic E-state index is 12.5. The van der Waals surface area contributed by atoms with Crippen LogP contribution in [0.1, 0.15) is 37.2 Å². The fourth-order valence-corrected chi connectivity index (χ4v) is 2.73. The Balaban J connectivity index is 2.18. The maximum atomic E-state index is 12.5. The van der Waals surface area contributed by atoms with E-state index in [1.165, 1.54) is 0 Å². The van der Waals surface area contributed by atoms with E-state index in [0.29, 0.717) is 5.92 Å². The molecule has 1 aliphatic rings. The molecule has 2 atom stereocenters. The third-order valence-corrected chi connectivity index (χ3v) is 3.84. The van der Waals surface area contributed by atoms with Gasteiger partial charge >= 0.3 is 0 Å². The first kappa shape index (κ1) is 13.1. The predicted octanol–water partition coefficient (Wildman–Crippen LogP) is 1.74. The second-order valence-electron chi connectivity index (χ2n) is 5.10. The molecule has 4 heteroatoms. The van der Waals surface area contributed by atoms with Crippen LogP contribution in [0.2, 0.25) is 0 Å². The molecule has 1 amide bonds. The number of carbonyl (C=O) groups is 1. The van der Waals surface area contributed by atoms with E-state index in [2.05, 4.69) is 13.8 Å². The molecule has 0 aromatic carbocycles. The summed E-state index contributed by atoms with van der Waals surface area (Å²) in [6.07, 6.45) is 3.93. The first-order valence-electron chi connectivity index (χ1n) is 6.76. The van der Waals surface area contributed by atoms with Gasteiger partial charge in [0.05, 0.1) is 12.6 Å². The van der Waals surface area contributed by atoms with Crippen molar-refractivity contribution in [2.75, 3.05) is 13.2 Å². The molecule has 1 fully saturated rings. The Hall–Kier alpha value is -1.29. The zero-order chi connectivity index (χ0) is 13.1. The summed E-state index contributed by atoms with van der Waals surface area (Å²) in [5.74, 6) is 0.436. The molecule has 2 rings (SSSR count). The molecule has 1 saturated heterocycles. The summed E-state index contributed by atoms with van der Waals surface area (Å²) in [4.78, 5) is 14.3. The summed E-state index contributed by atoms with van der Waals surface area (Å²) in [6.45, 7) is 5.87. The lowest BCUT2D eigenvalue weighted by molar-refractivity contribution is 0.0637. The highest BCUT2D eigenvalue weighted by molar-refractivity contribution is 5.93. The van der Waals surface area contributed by atoms with Gasteiger partial charge in [-0.25, -0.2) is 0 Å². The fourth-order valence-electron chi connectivity index (χ4n) is 2.73. The van der Waals surface area contributed by atoms with Gasteiger partial charge in [-0.15, -0.1) is 0 Å². The standard InChI is InChI=1S/C14H22N2O2/c1-3-7-15-8-4-5-12(15)14(18)16-9-6-11(2)13(16)10-17/h4-5,8,11,13,17H,3,6-7,9-10H2,1-2H3. The van der Waals surface area contributed by atoms with Crippen LogP contribution in [0.5, 0.6) is 0 Å². The smallest absolute Gasteiger partial charge is 0.270 e. The number of hydrogen-bond acceptors (Lipinski definition) is 2. The van der Waals surface area contributed by atoms with Gasteiger partial charge < -0.3 is 14.6 Å². The van der Waals surface area contributed by atoms with Crippen molar-refractivity contribution in [3.63, 3.8) is 0 Å². The van der Waals surface area contributed by atoms with Gasteiger partial charge in [-0.2, -0.15) is 0 Å². The van der Waals surface area contributed by atoms with Crippen molar-refractivity contribution in [3.8, 4) is 0 Å². The molecule has 0 aliphatic carbocycles. The number of aliphatic hydroxyl groups excluding tert-OH is 1. The highest BCUT2D eigenvalue weighted by Crippen LogP contribution is 2.25. The van der Waals surface area contributed by atoms with E-state index in [4.69, 9.17) is 0 Å². The molecule has 0 bridgehead atoms. The molecule has 2 unspecified atom stereocenters. The first-order valence-corrected chi connectivity index (χ1v) is 6.76. The number of rotatable bonds is 4. The van der Waals surface area contributed by atoms with E-state index >= 15 is 0 Å². The van der Waals surface area contributed by atoms with Crippen LogP contribution in [0, 0.1) is 5.92 Å². The molecule has 0 radical (unpaired) electrons. The molecule has 18 heavy (non-hydrogen) atoms. The zero-order valence-electron chi connectivity index (χ0n) is 11.2. The number of aromatic nitrogens is 1.